The van der Waals surface area contributed by atoms with Crippen LogP contribution in [0.3, 0.4) is 0 Å². The van der Waals surface area contributed by atoms with Gasteiger partial charge in [-0.1, -0.05) is 19.7 Å². The number of hydrogen-bond acceptors (Lipinski definition) is 30. The first-order chi connectivity index (χ1) is 48.9. The third-order valence-corrected chi connectivity index (χ3v) is 19.3. The summed E-state index contributed by atoms with van der Waals surface area (Å²) in [5.41, 5.74) is 0. The lowest BCUT2D eigenvalue weighted by Crippen LogP contribution is -2.66. The zero-order chi connectivity index (χ0) is 76.2. The standard InChI is InChI=1S/3C23H41NO10/c3*1-10-16(25)24(3)11-14-18(28-6)21(30-8)22(31-9)23(33-14)34-19-15(12-26-4)32-13(2)17(27-5)20(19)29-7/h3*10,13-15,17-23H,1,11-12H2,2-9H3. The Morgan fingerprint density at radius 1 is 0.275 bits per heavy atom. The number of ether oxygens (including phenoxy) is 27. The summed E-state index contributed by atoms with van der Waals surface area (Å²) in [6.45, 7) is 17.9. The molecule has 0 aromatic heterocycles. The second-order valence-electron chi connectivity index (χ2n) is 25.2. The molecule has 30 atom stereocenters. The zero-order valence-electron chi connectivity index (χ0n) is 64.5. The summed E-state index contributed by atoms with van der Waals surface area (Å²) in [5.74, 6) is -0.720. The number of amides is 3. The molecule has 0 saturated carbocycles. The maximum atomic E-state index is 12.1. The summed E-state index contributed by atoms with van der Waals surface area (Å²) in [7, 11) is 33.4. The van der Waals surface area contributed by atoms with Crippen LogP contribution in [-0.4, -0.2) is 405 Å². The molecule has 6 fully saturated rings. The van der Waals surface area contributed by atoms with E-state index in [1.807, 2.05) is 20.8 Å². The first-order valence-electron chi connectivity index (χ1n) is 33.8. The van der Waals surface area contributed by atoms with Crippen LogP contribution in [0.15, 0.2) is 38.0 Å². The molecule has 3 amide bonds. The number of methoxy groups -OCH3 is 18. The molecule has 0 aromatic rings. The second kappa shape index (κ2) is 46.0. The highest BCUT2D eigenvalue weighted by Gasteiger charge is 2.57. The molecule has 0 aliphatic carbocycles. The molecule has 0 aromatic carbocycles. The number of carbonyl (C=O) groups is 3. The van der Waals surface area contributed by atoms with Crippen LogP contribution in [0.2, 0.25) is 0 Å². The second-order valence-corrected chi connectivity index (χ2v) is 25.2. The molecule has 0 radical (unpaired) electrons. The molecule has 0 spiro atoms. The van der Waals surface area contributed by atoms with Gasteiger partial charge in [0, 0.05) is 169 Å². The largest absolute Gasteiger partial charge is 0.382 e. The van der Waals surface area contributed by atoms with E-state index in [1.54, 1.807) is 149 Å². The van der Waals surface area contributed by atoms with Crippen LogP contribution >= 0.6 is 0 Å². The molecular weight excluding hydrogens is 1350 g/mol. The third kappa shape index (κ3) is 22.6. The Labute approximate surface area is 603 Å². The van der Waals surface area contributed by atoms with E-state index in [9.17, 15) is 14.4 Å². The minimum Gasteiger partial charge on any atom is -0.382 e. The minimum absolute atomic E-state index is 0.230. The normalized spacial score (nSPS) is 38.5. The van der Waals surface area contributed by atoms with E-state index in [-0.39, 0.29) is 93.8 Å². The van der Waals surface area contributed by atoms with Gasteiger partial charge in [0.1, 0.15) is 146 Å². The van der Waals surface area contributed by atoms with Gasteiger partial charge in [-0.2, -0.15) is 0 Å². The summed E-state index contributed by atoms with van der Waals surface area (Å²) in [6.07, 6.45) is -12.0. The molecule has 6 aliphatic rings. The molecule has 6 heterocycles. The van der Waals surface area contributed by atoms with Crippen molar-refractivity contribution in [3.05, 3.63) is 38.0 Å². The Morgan fingerprint density at radius 3 is 0.627 bits per heavy atom. The van der Waals surface area contributed by atoms with Gasteiger partial charge in [-0.15, -0.1) is 0 Å². The Bertz CT molecular complexity index is 2160. The van der Waals surface area contributed by atoms with Crippen LogP contribution in [0.1, 0.15) is 20.8 Å². The van der Waals surface area contributed by atoms with Crippen LogP contribution in [-0.2, 0) is 142 Å². The molecule has 0 bridgehead atoms. The van der Waals surface area contributed by atoms with Gasteiger partial charge in [-0.3, -0.25) is 14.4 Å². The van der Waals surface area contributed by atoms with E-state index in [0.717, 1.165) is 0 Å². The van der Waals surface area contributed by atoms with E-state index in [1.165, 1.54) is 32.9 Å². The van der Waals surface area contributed by atoms with Gasteiger partial charge in [0.25, 0.3) is 0 Å². The SMILES string of the molecule is C=CC(=O)N(C)CC1OC(OC2C(COC)OC(C)C(OC)C2OC)C(OC)C(OC)C1OC.C=CC(=O)N(C)CC1OC(OC2C(COC)OC(C)C(OC)C2OC)C(OC)C(OC)C1OC.C=CC(=O)N(C)CC1OC(OC2C(COC)OC(C)C(OC)C2OC)C(OC)C(OC)C1OC. The Hall–Kier alpha value is -3.45. The molecule has 6 aliphatic heterocycles. The molecule has 102 heavy (non-hydrogen) atoms. The van der Waals surface area contributed by atoms with Crippen molar-refractivity contribution in [1.82, 2.24) is 14.7 Å². The molecule has 33 nitrogen and oxygen atoms in total. The number of nitrogens with zero attached hydrogens (tertiary/aromatic N) is 3. The Kier molecular flexibility index (Phi) is 41.0. The molecule has 30 unspecified atom stereocenters. The fourth-order valence-electron chi connectivity index (χ4n) is 14.3. The van der Waals surface area contributed by atoms with E-state index in [0.29, 0.717) is 0 Å². The zero-order valence-corrected chi connectivity index (χ0v) is 64.5. The molecular formula is C69H123N3O30. The van der Waals surface area contributed by atoms with Gasteiger partial charge >= 0.3 is 0 Å². The highest BCUT2D eigenvalue weighted by atomic mass is 16.8. The maximum Gasteiger partial charge on any atom is 0.245 e. The fourth-order valence-corrected chi connectivity index (χ4v) is 14.3. The van der Waals surface area contributed by atoms with E-state index in [4.69, 9.17) is 128 Å². The fraction of sp³-hybridized carbons (Fsp3) is 0.870. The van der Waals surface area contributed by atoms with E-state index in [2.05, 4.69) is 19.7 Å². The predicted octanol–water partition coefficient (Wildman–Crippen LogP) is 0.749. The van der Waals surface area contributed by atoms with E-state index < -0.39 is 147 Å². The maximum absolute atomic E-state index is 12.1. The lowest BCUT2D eigenvalue weighted by Gasteiger charge is -2.49. The average Bonchev–Trinajstić information content (AvgIpc) is 0.786. The van der Waals surface area contributed by atoms with Crippen molar-refractivity contribution < 1.29 is 142 Å². The van der Waals surface area contributed by atoms with Crippen molar-refractivity contribution >= 4 is 17.7 Å². The van der Waals surface area contributed by atoms with Crippen molar-refractivity contribution in [1.29, 1.82) is 0 Å². The van der Waals surface area contributed by atoms with Crippen molar-refractivity contribution in [2.45, 2.75) is 204 Å². The predicted molar refractivity (Wildman–Crippen MR) is 365 cm³/mol. The van der Waals surface area contributed by atoms with Crippen LogP contribution in [0.5, 0.6) is 0 Å². The van der Waals surface area contributed by atoms with Crippen LogP contribution in [0.25, 0.3) is 0 Å². The van der Waals surface area contributed by atoms with Crippen molar-refractivity contribution in [2.24, 2.45) is 0 Å². The number of likely N-dealkylation sites (N-methyl/N-ethyl adjacent to an activating group) is 3. The van der Waals surface area contributed by atoms with Crippen molar-refractivity contribution in [3.63, 3.8) is 0 Å². The summed E-state index contributed by atoms with van der Waals surface area (Å²) in [6, 6.07) is 0. The summed E-state index contributed by atoms with van der Waals surface area (Å²) >= 11 is 0. The molecule has 33 heteroatoms. The highest BCUT2D eigenvalue weighted by molar-refractivity contribution is 5.87. The van der Waals surface area contributed by atoms with Gasteiger partial charge in [0.05, 0.1) is 38.1 Å². The van der Waals surface area contributed by atoms with Gasteiger partial charge < -0.3 is 143 Å². The lowest BCUT2D eigenvalue weighted by molar-refractivity contribution is -0.348. The van der Waals surface area contributed by atoms with E-state index >= 15 is 0 Å². The van der Waals surface area contributed by atoms with Crippen LogP contribution in [0.4, 0.5) is 0 Å². The highest BCUT2D eigenvalue weighted by Crippen LogP contribution is 2.38. The van der Waals surface area contributed by atoms with Crippen molar-refractivity contribution in [2.75, 3.05) is 189 Å². The smallest absolute Gasteiger partial charge is 0.245 e. The van der Waals surface area contributed by atoms with Gasteiger partial charge in [0.15, 0.2) is 18.9 Å². The molecule has 6 rings (SSSR count). The lowest BCUT2D eigenvalue weighted by atomic mass is 9.94. The third-order valence-electron chi connectivity index (χ3n) is 19.3. The van der Waals surface area contributed by atoms with Gasteiger partial charge in [-0.05, 0) is 39.0 Å². The van der Waals surface area contributed by atoms with Crippen LogP contribution in [0, 0.1) is 0 Å². The topological polar surface area (TPSA) is 310 Å². The summed E-state index contributed by atoms with van der Waals surface area (Å²) in [5, 5.41) is 0. The number of rotatable bonds is 36. The molecule has 0 N–H and O–H groups in total. The average molecular weight is 1470 g/mol. The first kappa shape index (κ1) is 90.9. The van der Waals surface area contributed by atoms with Gasteiger partial charge in [-0.25, -0.2) is 0 Å². The quantitative estimate of drug-likeness (QED) is 0.0782. The van der Waals surface area contributed by atoms with Gasteiger partial charge in [0.2, 0.25) is 17.7 Å². The first-order valence-corrected chi connectivity index (χ1v) is 33.8. The van der Waals surface area contributed by atoms with Crippen molar-refractivity contribution in [3.8, 4) is 0 Å². The minimum atomic E-state index is -0.880. The molecule has 594 valence electrons. The summed E-state index contributed by atoms with van der Waals surface area (Å²) in [4.78, 5) is 40.8. The Balaban J connectivity index is 0.000000324. The number of carbonyl (C=O) groups excluding carboxylic acids is 3. The summed E-state index contributed by atoms with van der Waals surface area (Å²) < 4.78 is 159. The monoisotopic (exact) mass is 1470 g/mol. The van der Waals surface area contributed by atoms with Crippen LogP contribution < -0.4 is 0 Å². The Morgan fingerprint density at radius 2 is 0.461 bits per heavy atom. The molecule has 6 saturated heterocycles. The number of hydrogen-bond donors (Lipinski definition) is 0.